The lowest BCUT2D eigenvalue weighted by Gasteiger charge is -2.35. The van der Waals surface area contributed by atoms with Crippen LogP contribution in [-0.2, 0) is 0 Å². The van der Waals surface area contributed by atoms with Crippen molar-refractivity contribution in [3.05, 3.63) is 0 Å². The lowest BCUT2D eigenvalue weighted by atomic mass is 9.71. The molecule has 1 heteroatoms. The van der Waals surface area contributed by atoms with Crippen molar-refractivity contribution in [1.29, 1.82) is 0 Å². The molecule has 0 heterocycles. The Hall–Kier alpha value is -0.0700. The SMILES string of the molecule is CCCCC(C)(CC(F)CCC)C(C)C. The molecule has 0 radical (unpaired) electrons. The van der Waals surface area contributed by atoms with Gasteiger partial charge in [-0.25, -0.2) is 4.39 Å². The molecule has 0 aromatic rings. The summed E-state index contributed by atoms with van der Waals surface area (Å²) in [6.45, 7) is 11.0. The van der Waals surface area contributed by atoms with Crippen molar-refractivity contribution < 1.29 is 4.39 Å². The number of halogens is 1. The van der Waals surface area contributed by atoms with Gasteiger partial charge in [-0.3, -0.25) is 0 Å². The third kappa shape index (κ3) is 5.53. The molecule has 0 saturated carbocycles. The van der Waals surface area contributed by atoms with Gasteiger partial charge in [0, 0.05) is 0 Å². The Labute approximate surface area is 95.6 Å². The minimum Gasteiger partial charge on any atom is -0.247 e. The molecule has 2 atom stereocenters. The van der Waals surface area contributed by atoms with Crippen LogP contribution in [-0.4, -0.2) is 6.17 Å². The van der Waals surface area contributed by atoms with Crippen molar-refractivity contribution in [2.75, 3.05) is 0 Å². The molecule has 0 nitrogen and oxygen atoms in total. The van der Waals surface area contributed by atoms with E-state index in [9.17, 15) is 4.39 Å². The van der Waals surface area contributed by atoms with Crippen LogP contribution in [0.1, 0.15) is 73.1 Å². The fourth-order valence-electron chi connectivity index (χ4n) is 2.13. The van der Waals surface area contributed by atoms with E-state index in [1.54, 1.807) is 0 Å². The first-order valence-corrected chi connectivity index (χ1v) is 6.60. The third-order valence-corrected chi connectivity index (χ3v) is 3.79. The van der Waals surface area contributed by atoms with E-state index in [-0.39, 0.29) is 5.41 Å². The van der Waals surface area contributed by atoms with Crippen LogP contribution in [0.5, 0.6) is 0 Å². The lowest BCUT2D eigenvalue weighted by Crippen LogP contribution is -2.27. The van der Waals surface area contributed by atoms with Crippen LogP contribution in [0, 0.1) is 11.3 Å². The number of hydrogen-bond donors (Lipinski definition) is 0. The summed E-state index contributed by atoms with van der Waals surface area (Å²) >= 11 is 0. The molecule has 0 spiro atoms. The highest BCUT2D eigenvalue weighted by atomic mass is 19.1. The number of rotatable bonds is 8. The predicted octanol–water partition coefficient (Wildman–Crippen LogP) is 5.37. The first-order valence-electron chi connectivity index (χ1n) is 6.60. The van der Waals surface area contributed by atoms with Crippen LogP contribution >= 0.6 is 0 Å². The van der Waals surface area contributed by atoms with E-state index < -0.39 is 6.17 Å². The number of unbranched alkanes of at least 4 members (excludes halogenated alkanes) is 1. The Morgan fingerprint density at radius 1 is 1.13 bits per heavy atom. The Balaban J connectivity index is 4.23. The molecule has 0 aromatic heterocycles. The zero-order valence-corrected chi connectivity index (χ0v) is 11.3. The molecule has 0 aromatic carbocycles. The van der Waals surface area contributed by atoms with E-state index in [1.165, 1.54) is 19.3 Å². The molecule has 0 amide bonds. The molecule has 0 aliphatic carbocycles. The molecule has 0 N–H and O–H groups in total. The average Bonchev–Trinajstić information content (AvgIpc) is 2.14. The van der Waals surface area contributed by atoms with E-state index in [1.807, 2.05) is 0 Å². The molecule has 92 valence electrons. The minimum atomic E-state index is -0.598. The molecular weight excluding hydrogens is 187 g/mol. The molecule has 0 bridgehead atoms. The summed E-state index contributed by atoms with van der Waals surface area (Å²) in [6.07, 6.45) is 5.46. The minimum absolute atomic E-state index is 0.199. The Kier molecular flexibility index (Phi) is 7.21. The molecule has 0 saturated heterocycles. The molecular formula is C14H29F. The van der Waals surface area contributed by atoms with Crippen LogP contribution in [0.3, 0.4) is 0 Å². The van der Waals surface area contributed by atoms with Crippen LogP contribution in [0.4, 0.5) is 4.39 Å². The summed E-state index contributed by atoms with van der Waals surface area (Å²) < 4.78 is 13.7. The van der Waals surface area contributed by atoms with Crippen LogP contribution in [0.2, 0.25) is 0 Å². The van der Waals surface area contributed by atoms with E-state index in [2.05, 4.69) is 34.6 Å². The van der Waals surface area contributed by atoms with Gasteiger partial charge < -0.3 is 0 Å². The van der Waals surface area contributed by atoms with Gasteiger partial charge in [-0.15, -0.1) is 0 Å². The summed E-state index contributed by atoms with van der Waals surface area (Å²) in [6, 6.07) is 0. The van der Waals surface area contributed by atoms with Crippen LogP contribution < -0.4 is 0 Å². The second-order valence-electron chi connectivity index (χ2n) is 5.50. The van der Waals surface area contributed by atoms with Crippen molar-refractivity contribution in [3.63, 3.8) is 0 Å². The highest BCUT2D eigenvalue weighted by molar-refractivity contribution is 4.80. The Morgan fingerprint density at radius 2 is 1.73 bits per heavy atom. The Bertz CT molecular complexity index is 153. The number of hydrogen-bond acceptors (Lipinski definition) is 0. The van der Waals surface area contributed by atoms with Crippen molar-refractivity contribution in [1.82, 2.24) is 0 Å². The number of alkyl halides is 1. The smallest absolute Gasteiger partial charge is 0.101 e. The van der Waals surface area contributed by atoms with Gasteiger partial charge in [0.2, 0.25) is 0 Å². The maximum Gasteiger partial charge on any atom is 0.101 e. The van der Waals surface area contributed by atoms with E-state index in [0.29, 0.717) is 5.92 Å². The second-order valence-corrected chi connectivity index (χ2v) is 5.50. The van der Waals surface area contributed by atoms with E-state index >= 15 is 0 Å². The maximum absolute atomic E-state index is 13.7. The van der Waals surface area contributed by atoms with Gasteiger partial charge in [0.1, 0.15) is 6.17 Å². The highest BCUT2D eigenvalue weighted by Gasteiger charge is 2.30. The largest absolute Gasteiger partial charge is 0.247 e. The normalized spacial score (nSPS) is 17.8. The van der Waals surface area contributed by atoms with E-state index in [4.69, 9.17) is 0 Å². The first-order chi connectivity index (χ1) is 6.96. The fraction of sp³-hybridized carbons (Fsp3) is 1.00. The van der Waals surface area contributed by atoms with Gasteiger partial charge in [-0.05, 0) is 30.6 Å². The summed E-state index contributed by atoms with van der Waals surface area (Å²) in [5.74, 6) is 0.583. The molecule has 0 aliphatic heterocycles. The van der Waals surface area contributed by atoms with Gasteiger partial charge in [0.15, 0.2) is 0 Å². The lowest BCUT2D eigenvalue weighted by molar-refractivity contribution is 0.116. The molecule has 0 fully saturated rings. The fourth-order valence-corrected chi connectivity index (χ4v) is 2.13. The topological polar surface area (TPSA) is 0 Å². The zero-order chi connectivity index (χ0) is 11.9. The second kappa shape index (κ2) is 7.24. The third-order valence-electron chi connectivity index (χ3n) is 3.79. The quantitative estimate of drug-likeness (QED) is 0.512. The standard InChI is InChI=1S/C14H29F/c1-6-8-10-14(5,12(3)4)11-13(15)9-7-2/h12-13H,6-11H2,1-5H3. The van der Waals surface area contributed by atoms with Gasteiger partial charge in [0.25, 0.3) is 0 Å². The van der Waals surface area contributed by atoms with Gasteiger partial charge in [0.05, 0.1) is 0 Å². The predicted molar refractivity (Wildman–Crippen MR) is 66.9 cm³/mol. The average molecular weight is 216 g/mol. The van der Waals surface area contributed by atoms with Crippen molar-refractivity contribution in [2.45, 2.75) is 79.3 Å². The van der Waals surface area contributed by atoms with Crippen LogP contribution in [0.15, 0.2) is 0 Å². The Morgan fingerprint density at radius 3 is 2.13 bits per heavy atom. The van der Waals surface area contributed by atoms with Crippen molar-refractivity contribution in [2.24, 2.45) is 11.3 Å². The molecule has 15 heavy (non-hydrogen) atoms. The summed E-state index contributed by atoms with van der Waals surface area (Å²) in [5.41, 5.74) is 0.199. The summed E-state index contributed by atoms with van der Waals surface area (Å²) in [7, 11) is 0. The first kappa shape index (κ1) is 14.9. The molecule has 0 rings (SSSR count). The monoisotopic (exact) mass is 216 g/mol. The molecule has 2 unspecified atom stereocenters. The van der Waals surface area contributed by atoms with Gasteiger partial charge in [-0.2, -0.15) is 0 Å². The summed E-state index contributed by atoms with van der Waals surface area (Å²) in [4.78, 5) is 0. The highest BCUT2D eigenvalue weighted by Crippen LogP contribution is 2.38. The maximum atomic E-state index is 13.7. The molecule has 0 aliphatic rings. The van der Waals surface area contributed by atoms with Crippen LogP contribution in [0.25, 0.3) is 0 Å². The van der Waals surface area contributed by atoms with Crippen molar-refractivity contribution in [3.8, 4) is 0 Å². The summed E-state index contributed by atoms with van der Waals surface area (Å²) in [5, 5.41) is 0. The van der Waals surface area contributed by atoms with E-state index in [0.717, 1.165) is 19.3 Å². The van der Waals surface area contributed by atoms with Gasteiger partial charge >= 0.3 is 0 Å². The van der Waals surface area contributed by atoms with Crippen molar-refractivity contribution >= 4 is 0 Å². The zero-order valence-electron chi connectivity index (χ0n) is 11.3. The van der Waals surface area contributed by atoms with Gasteiger partial charge in [-0.1, -0.05) is 53.9 Å².